The molecule has 42 heavy (non-hydrogen) atoms. The van der Waals surface area contributed by atoms with Crippen molar-refractivity contribution < 1.29 is 22.0 Å². The highest BCUT2D eigenvalue weighted by molar-refractivity contribution is 6.06. The molecule has 0 unspecified atom stereocenters. The third-order valence-corrected chi connectivity index (χ3v) is 7.25. The van der Waals surface area contributed by atoms with Crippen LogP contribution in [-0.4, -0.2) is 0 Å². The van der Waals surface area contributed by atoms with Gasteiger partial charge in [0.25, 0.3) is 0 Å². The molecule has 0 N–H and O–H groups in total. The molecule has 0 bridgehead atoms. The van der Waals surface area contributed by atoms with E-state index in [1.165, 1.54) is 36.4 Å². The van der Waals surface area contributed by atoms with Gasteiger partial charge in [-0.25, -0.2) is 17.6 Å². The van der Waals surface area contributed by atoms with Gasteiger partial charge in [0.2, 0.25) is 0 Å². The van der Waals surface area contributed by atoms with Crippen LogP contribution in [0.15, 0.2) is 132 Å². The molecule has 0 aliphatic rings. The lowest BCUT2D eigenvalue weighted by molar-refractivity contribution is 0.584. The van der Waals surface area contributed by atoms with Gasteiger partial charge in [0, 0.05) is 33.9 Å². The van der Waals surface area contributed by atoms with E-state index in [0.29, 0.717) is 28.2 Å². The van der Waals surface area contributed by atoms with Crippen LogP contribution in [-0.2, 0) is 0 Å². The Hall–Kier alpha value is -5.36. The number of benzene rings is 6. The van der Waals surface area contributed by atoms with Crippen molar-refractivity contribution in [2.24, 2.45) is 0 Å². The minimum atomic E-state index is -0.697. The van der Waals surface area contributed by atoms with Crippen LogP contribution in [0.25, 0.3) is 44.2 Å². The number of halogens is 4. The number of furan rings is 1. The SMILES string of the molecule is Fc1ccc(N(c2ccc(F)cc2)c2cc(-c3cc(F)cc(F)c3)cc(-c3ccc4oc5ccccc5c4c3)c2)cc1. The van der Waals surface area contributed by atoms with Crippen molar-refractivity contribution in [1.29, 1.82) is 0 Å². The average molecular weight is 560 g/mol. The Balaban J connectivity index is 1.48. The average Bonchev–Trinajstić information content (AvgIpc) is 3.37. The van der Waals surface area contributed by atoms with Crippen LogP contribution in [0.1, 0.15) is 0 Å². The van der Waals surface area contributed by atoms with E-state index in [9.17, 15) is 17.6 Å². The molecular formula is C36H21F4NO. The first kappa shape index (κ1) is 25.6. The van der Waals surface area contributed by atoms with Crippen molar-refractivity contribution in [2.45, 2.75) is 0 Å². The Kier molecular flexibility index (Phi) is 6.24. The van der Waals surface area contributed by atoms with Gasteiger partial charge in [-0.1, -0.05) is 24.3 Å². The van der Waals surface area contributed by atoms with Crippen LogP contribution in [0, 0.1) is 23.3 Å². The molecule has 204 valence electrons. The molecule has 6 heteroatoms. The molecule has 6 aromatic carbocycles. The lowest BCUT2D eigenvalue weighted by atomic mass is 9.96. The fourth-order valence-corrected chi connectivity index (χ4v) is 5.33. The van der Waals surface area contributed by atoms with Crippen molar-refractivity contribution in [2.75, 3.05) is 4.90 Å². The molecule has 1 aromatic heterocycles. The van der Waals surface area contributed by atoms with Crippen LogP contribution in [0.4, 0.5) is 34.6 Å². The Morgan fingerprint density at radius 3 is 1.57 bits per heavy atom. The minimum absolute atomic E-state index is 0.351. The topological polar surface area (TPSA) is 16.4 Å². The van der Waals surface area contributed by atoms with Crippen LogP contribution >= 0.6 is 0 Å². The van der Waals surface area contributed by atoms with E-state index in [1.54, 1.807) is 30.3 Å². The van der Waals surface area contributed by atoms with Crippen molar-refractivity contribution in [3.05, 3.63) is 151 Å². The smallest absolute Gasteiger partial charge is 0.135 e. The summed E-state index contributed by atoms with van der Waals surface area (Å²) in [6, 6.07) is 34.5. The summed E-state index contributed by atoms with van der Waals surface area (Å²) in [5.74, 6) is -2.19. The van der Waals surface area contributed by atoms with Crippen LogP contribution in [0.5, 0.6) is 0 Å². The second-order valence-electron chi connectivity index (χ2n) is 10.0. The summed E-state index contributed by atoms with van der Waals surface area (Å²) in [5.41, 5.74) is 5.91. The maximum absolute atomic E-state index is 14.4. The summed E-state index contributed by atoms with van der Waals surface area (Å²) in [6.45, 7) is 0. The zero-order chi connectivity index (χ0) is 28.8. The highest BCUT2D eigenvalue weighted by Gasteiger charge is 2.17. The fraction of sp³-hybridized carbons (Fsp3) is 0. The maximum atomic E-state index is 14.4. The molecule has 0 aliphatic heterocycles. The number of fused-ring (bicyclic) bond motifs is 3. The van der Waals surface area contributed by atoms with Crippen molar-refractivity contribution in [3.8, 4) is 22.3 Å². The molecule has 2 nitrogen and oxygen atoms in total. The van der Waals surface area contributed by atoms with Gasteiger partial charge in [0.15, 0.2) is 0 Å². The zero-order valence-electron chi connectivity index (χ0n) is 22.0. The summed E-state index contributed by atoms with van der Waals surface area (Å²) < 4.78 is 62.6. The van der Waals surface area contributed by atoms with E-state index in [-0.39, 0.29) is 0 Å². The molecule has 0 saturated heterocycles. The first-order valence-corrected chi connectivity index (χ1v) is 13.3. The zero-order valence-corrected chi connectivity index (χ0v) is 22.0. The van der Waals surface area contributed by atoms with Crippen molar-refractivity contribution in [1.82, 2.24) is 0 Å². The normalized spacial score (nSPS) is 11.3. The lowest BCUT2D eigenvalue weighted by Crippen LogP contribution is -2.10. The summed E-state index contributed by atoms with van der Waals surface area (Å²) in [5, 5.41) is 1.90. The Morgan fingerprint density at radius 2 is 0.929 bits per heavy atom. The first-order chi connectivity index (χ1) is 20.4. The van der Waals surface area contributed by atoms with E-state index in [1.807, 2.05) is 59.5 Å². The number of rotatable bonds is 5. The Bertz CT molecular complexity index is 2020. The molecule has 7 rings (SSSR count). The van der Waals surface area contributed by atoms with Crippen molar-refractivity contribution >= 4 is 39.0 Å². The second-order valence-corrected chi connectivity index (χ2v) is 10.0. The second kappa shape index (κ2) is 10.2. The Morgan fingerprint density at radius 1 is 0.381 bits per heavy atom. The highest BCUT2D eigenvalue weighted by Crippen LogP contribution is 2.41. The van der Waals surface area contributed by atoms with Gasteiger partial charge in [-0.2, -0.15) is 0 Å². The fourth-order valence-electron chi connectivity index (χ4n) is 5.33. The Labute approximate surface area is 238 Å². The van der Waals surface area contributed by atoms with Gasteiger partial charge in [0.1, 0.15) is 34.4 Å². The minimum Gasteiger partial charge on any atom is -0.456 e. The molecule has 0 fully saturated rings. The quantitative estimate of drug-likeness (QED) is 0.195. The number of hydrogen-bond donors (Lipinski definition) is 0. The molecule has 0 amide bonds. The third kappa shape index (κ3) is 4.77. The van der Waals surface area contributed by atoms with Crippen LogP contribution < -0.4 is 4.90 Å². The summed E-state index contributed by atoms with van der Waals surface area (Å²) in [6.07, 6.45) is 0. The molecule has 0 spiro atoms. The molecule has 0 saturated carbocycles. The van der Waals surface area contributed by atoms with Gasteiger partial charge in [-0.3, -0.25) is 0 Å². The monoisotopic (exact) mass is 559 g/mol. The van der Waals surface area contributed by atoms with Gasteiger partial charge in [0.05, 0.1) is 0 Å². The van der Waals surface area contributed by atoms with Gasteiger partial charge in [-0.15, -0.1) is 0 Å². The first-order valence-electron chi connectivity index (χ1n) is 13.3. The number of anilines is 3. The van der Waals surface area contributed by atoms with E-state index < -0.39 is 23.3 Å². The van der Waals surface area contributed by atoms with Crippen LogP contribution in [0.3, 0.4) is 0 Å². The van der Waals surface area contributed by atoms with Gasteiger partial charge >= 0.3 is 0 Å². The summed E-state index contributed by atoms with van der Waals surface area (Å²) >= 11 is 0. The molecular weight excluding hydrogens is 538 g/mol. The standard InChI is InChI=1S/C36H21F4NO/c37-26-6-10-30(11-7-26)41(31-12-8-27(38)9-13-31)32-18-23(15-24(19-32)25-16-28(39)21-29(40)17-25)22-5-14-36-34(20-22)33-3-1-2-4-35(33)42-36/h1-21H. The largest absolute Gasteiger partial charge is 0.456 e. The van der Waals surface area contributed by atoms with E-state index in [0.717, 1.165) is 39.1 Å². The maximum Gasteiger partial charge on any atom is 0.135 e. The molecule has 7 aromatic rings. The third-order valence-electron chi connectivity index (χ3n) is 7.25. The van der Waals surface area contributed by atoms with E-state index in [4.69, 9.17) is 4.42 Å². The highest BCUT2D eigenvalue weighted by atomic mass is 19.1. The summed E-state index contributed by atoms with van der Waals surface area (Å²) in [4.78, 5) is 1.84. The molecule has 1 heterocycles. The molecule has 0 radical (unpaired) electrons. The van der Waals surface area contributed by atoms with Crippen LogP contribution in [0.2, 0.25) is 0 Å². The van der Waals surface area contributed by atoms with Crippen molar-refractivity contribution in [3.63, 3.8) is 0 Å². The number of nitrogens with zero attached hydrogens (tertiary/aromatic N) is 1. The van der Waals surface area contributed by atoms with Gasteiger partial charge in [-0.05, 0) is 119 Å². The van der Waals surface area contributed by atoms with E-state index in [2.05, 4.69) is 0 Å². The predicted molar refractivity (Wildman–Crippen MR) is 159 cm³/mol. The molecule has 0 aliphatic carbocycles. The van der Waals surface area contributed by atoms with Gasteiger partial charge < -0.3 is 9.32 Å². The predicted octanol–water partition coefficient (Wildman–Crippen LogP) is 10.9. The summed E-state index contributed by atoms with van der Waals surface area (Å²) in [7, 11) is 0. The molecule has 0 atom stereocenters. The lowest BCUT2D eigenvalue weighted by Gasteiger charge is -2.27. The number of para-hydroxylation sites is 1. The number of hydrogen-bond acceptors (Lipinski definition) is 2. The van der Waals surface area contributed by atoms with E-state index >= 15 is 0 Å².